The van der Waals surface area contributed by atoms with E-state index in [1.54, 1.807) is 13.2 Å². The molecular formula is C22H23N5O2S. The van der Waals surface area contributed by atoms with Gasteiger partial charge in [-0.2, -0.15) is 0 Å². The van der Waals surface area contributed by atoms with Crippen molar-refractivity contribution in [2.75, 3.05) is 13.7 Å². The SMILES string of the molecule is COCCn1c(SC(C)c2nc3ccccc3c(=O)[nH]2)nnc1-c1cccc(C)c1. The van der Waals surface area contributed by atoms with Crippen molar-refractivity contribution >= 4 is 22.7 Å². The van der Waals surface area contributed by atoms with E-state index in [9.17, 15) is 4.79 Å². The molecule has 0 aliphatic heterocycles. The molecule has 0 fully saturated rings. The van der Waals surface area contributed by atoms with Crippen LogP contribution in [0.4, 0.5) is 0 Å². The second-order valence-corrected chi connectivity index (χ2v) is 8.36. The molecular weight excluding hydrogens is 398 g/mol. The summed E-state index contributed by atoms with van der Waals surface area (Å²) in [5.74, 6) is 1.41. The molecule has 4 aromatic rings. The number of aromatic amines is 1. The van der Waals surface area contributed by atoms with Gasteiger partial charge in [-0.1, -0.05) is 47.7 Å². The Hall–Kier alpha value is -2.97. The first-order chi connectivity index (χ1) is 14.6. The lowest BCUT2D eigenvalue weighted by molar-refractivity contribution is 0.185. The van der Waals surface area contributed by atoms with Crippen molar-refractivity contribution in [3.63, 3.8) is 0 Å². The minimum atomic E-state index is -0.135. The highest BCUT2D eigenvalue weighted by atomic mass is 32.2. The van der Waals surface area contributed by atoms with Crippen LogP contribution in [-0.2, 0) is 11.3 Å². The number of hydrogen-bond donors (Lipinski definition) is 1. The Morgan fingerprint density at radius 1 is 1.17 bits per heavy atom. The second-order valence-electron chi connectivity index (χ2n) is 7.05. The summed E-state index contributed by atoms with van der Waals surface area (Å²) in [6.45, 7) is 5.23. The van der Waals surface area contributed by atoms with Gasteiger partial charge in [0, 0.05) is 12.7 Å². The van der Waals surface area contributed by atoms with Crippen molar-refractivity contribution in [2.45, 2.75) is 30.8 Å². The summed E-state index contributed by atoms with van der Waals surface area (Å²) in [4.78, 5) is 20.0. The molecule has 2 aromatic carbocycles. The largest absolute Gasteiger partial charge is 0.383 e. The van der Waals surface area contributed by atoms with Gasteiger partial charge in [0.25, 0.3) is 5.56 Å². The Kier molecular flexibility index (Phi) is 5.96. The highest BCUT2D eigenvalue weighted by molar-refractivity contribution is 7.99. The van der Waals surface area contributed by atoms with Gasteiger partial charge >= 0.3 is 0 Å². The highest BCUT2D eigenvalue weighted by Gasteiger charge is 2.19. The third-order valence-corrected chi connectivity index (χ3v) is 5.90. The number of aryl methyl sites for hydroxylation is 1. The van der Waals surface area contributed by atoms with Crippen LogP contribution in [0.5, 0.6) is 0 Å². The van der Waals surface area contributed by atoms with E-state index in [1.165, 1.54) is 11.8 Å². The van der Waals surface area contributed by atoms with Gasteiger partial charge in [0.15, 0.2) is 11.0 Å². The van der Waals surface area contributed by atoms with Crippen LogP contribution in [-0.4, -0.2) is 38.4 Å². The first kappa shape index (κ1) is 20.3. The quantitative estimate of drug-likeness (QED) is 0.454. The number of aromatic nitrogens is 5. The number of thioether (sulfide) groups is 1. The fraction of sp³-hybridized carbons (Fsp3) is 0.273. The lowest BCUT2D eigenvalue weighted by Gasteiger charge is -2.13. The fourth-order valence-electron chi connectivity index (χ4n) is 3.27. The zero-order chi connectivity index (χ0) is 21.1. The van der Waals surface area contributed by atoms with Crippen LogP contribution in [0, 0.1) is 6.92 Å². The number of ether oxygens (including phenoxy) is 1. The molecule has 2 aromatic heterocycles. The van der Waals surface area contributed by atoms with E-state index < -0.39 is 0 Å². The number of methoxy groups -OCH3 is 1. The van der Waals surface area contributed by atoms with Gasteiger partial charge in [-0.3, -0.25) is 9.36 Å². The molecule has 30 heavy (non-hydrogen) atoms. The third kappa shape index (κ3) is 4.15. The maximum atomic E-state index is 12.4. The number of fused-ring (bicyclic) bond motifs is 1. The first-order valence-corrected chi connectivity index (χ1v) is 10.6. The molecule has 0 bridgehead atoms. The van der Waals surface area contributed by atoms with Gasteiger partial charge in [0.2, 0.25) is 0 Å². The van der Waals surface area contributed by atoms with E-state index in [2.05, 4.69) is 43.8 Å². The summed E-state index contributed by atoms with van der Waals surface area (Å²) in [5.41, 5.74) is 2.72. The standard InChI is InChI=1S/C22H23N5O2S/c1-14-7-6-8-16(13-14)20-25-26-22(27(20)11-12-29-3)30-15(2)19-23-18-10-5-4-9-17(18)21(28)24-19/h4-10,13,15H,11-12H2,1-3H3,(H,23,24,28). The van der Waals surface area contributed by atoms with Gasteiger partial charge in [-0.15, -0.1) is 10.2 Å². The van der Waals surface area contributed by atoms with Crippen molar-refractivity contribution in [2.24, 2.45) is 0 Å². The topological polar surface area (TPSA) is 85.7 Å². The molecule has 0 saturated heterocycles. The summed E-state index contributed by atoms with van der Waals surface area (Å²) >= 11 is 1.51. The van der Waals surface area contributed by atoms with Gasteiger partial charge in [-0.25, -0.2) is 4.98 Å². The molecule has 8 heteroatoms. The smallest absolute Gasteiger partial charge is 0.258 e. The molecule has 2 heterocycles. The molecule has 7 nitrogen and oxygen atoms in total. The Balaban J connectivity index is 1.68. The van der Waals surface area contributed by atoms with Crippen molar-refractivity contribution in [1.29, 1.82) is 0 Å². The zero-order valence-electron chi connectivity index (χ0n) is 17.1. The third-order valence-electron chi connectivity index (χ3n) is 4.81. The predicted octanol–water partition coefficient (Wildman–Crippen LogP) is 3.99. The molecule has 0 saturated carbocycles. The van der Waals surface area contributed by atoms with E-state index in [0.717, 1.165) is 22.1 Å². The minimum absolute atomic E-state index is 0.113. The number of para-hydroxylation sites is 1. The Morgan fingerprint density at radius 2 is 2.00 bits per heavy atom. The van der Waals surface area contributed by atoms with Crippen molar-refractivity contribution in [1.82, 2.24) is 24.7 Å². The zero-order valence-corrected chi connectivity index (χ0v) is 17.9. The molecule has 0 spiro atoms. The summed E-state index contributed by atoms with van der Waals surface area (Å²) in [5, 5.41) is 10.1. The van der Waals surface area contributed by atoms with Crippen LogP contribution in [0.3, 0.4) is 0 Å². The molecule has 0 amide bonds. The summed E-state index contributed by atoms with van der Waals surface area (Å²) < 4.78 is 7.35. The maximum Gasteiger partial charge on any atom is 0.258 e. The molecule has 1 N–H and O–H groups in total. The average molecular weight is 422 g/mol. The molecule has 0 radical (unpaired) electrons. The van der Waals surface area contributed by atoms with E-state index in [1.807, 2.05) is 37.3 Å². The minimum Gasteiger partial charge on any atom is -0.383 e. The Bertz CT molecular complexity index is 1230. The van der Waals surface area contributed by atoms with Crippen LogP contribution >= 0.6 is 11.8 Å². The average Bonchev–Trinajstić information content (AvgIpc) is 3.14. The van der Waals surface area contributed by atoms with Gasteiger partial charge in [0.05, 0.1) is 29.3 Å². The van der Waals surface area contributed by atoms with E-state index >= 15 is 0 Å². The lowest BCUT2D eigenvalue weighted by Crippen LogP contribution is -2.13. The highest BCUT2D eigenvalue weighted by Crippen LogP contribution is 2.34. The Morgan fingerprint density at radius 3 is 2.80 bits per heavy atom. The number of hydrogen-bond acceptors (Lipinski definition) is 6. The van der Waals surface area contributed by atoms with E-state index in [-0.39, 0.29) is 10.8 Å². The monoisotopic (exact) mass is 421 g/mol. The number of nitrogens with one attached hydrogen (secondary N) is 1. The van der Waals surface area contributed by atoms with E-state index in [0.29, 0.717) is 29.9 Å². The Labute approximate surface area is 178 Å². The van der Waals surface area contributed by atoms with Gasteiger partial charge < -0.3 is 9.72 Å². The molecule has 0 aliphatic carbocycles. The normalized spacial score (nSPS) is 12.4. The van der Waals surface area contributed by atoms with Crippen molar-refractivity contribution in [3.05, 3.63) is 70.3 Å². The second kappa shape index (κ2) is 8.81. The van der Waals surface area contributed by atoms with Crippen LogP contribution in [0.25, 0.3) is 22.3 Å². The molecule has 1 atom stereocenters. The predicted molar refractivity (Wildman–Crippen MR) is 119 cm³/mol. The molecule has 4 rings (SSSR count). The number of H-pyrrole nitrogens is 1. The maximum absolute atomic E-state index is 12.4. The summed E-state index contributed by atoms with van der Waals surface area (Å²) in [7, 11) is 1.68. The number of benzene rings is 2. The van der Waals surface area contributed by atoms with Crippen LogP contribution in [0.1, 0.15) is 23.6 Å². The van der Waals surface area contributed by atoms with Crippen LogP contribution < -0.4 is 5.56 Å². The van der Waals surface area contributed by atoms with Crippen molar-refractivity contribution < 1.29 is 4.74 Å². The molecule has 154 valence electrons. The number of nitrogens with zero attached hydrogens (tertiary/aromatic N) is 4. The van der Waals surface area contributed by atoms with Crippen LogP contribution in [0.2, 0.25) is 0 Å². The summed E-state index contributed by atoms with van der Waals surface area (Å²) in [6.07, 6.45) is 0. The van der Waals surface area contributed by atoms with Gasteiger partial charge in [0.1, 0.15) is 5.82 Å². The first-order valence-electron chi connectivity index (χ1n) is 9.71. The molecule has 1 unspecified atom stereocenters. The number of rotatable bonds is 7. The fourth-order valence-corrected chi connectivity index (χ4v) is 4.20. The molecule has 0 aliphatic rings. The van der Waals surface area contributed by atoms with Crippen LogP contribution in [0.15, 0.2) is 58.5 Å². The van der Waals surface area contributed by atoms with E-state index in [4.69, 9.17) is 4.74 Å². The van der Waals surface area contributed by atoms with Gasteiger partial charge in [-0.05, 0) is 32.0 Å². The van der Waals surface area contributed by atoms with Crippen molar-refractivity contribution in [3.8, 4) is 11.4 Å². The lowest BCUT2D eigenvalue weighted by atomic mass is 10.1. The summed E-state index contributed by atoms with van der Waals surface area (Å²) in [6, 6.07) is 15.5.